The number of methoxy groups -OCH3 is 1. The SMILES string of the molecule is C=C(/N=C(\C=C/N)c1n[nH]c2c(OC)cccc12)N[C@H]1CC[C@H](C)CC1. The van der Waals surface area contributed by atoms with Gasteiger partial charge in [0.2, 0.25) is 0 Å². The van der Waals surface area contributed by atoms with E-state index in [1.165, 1.54) is 19.0 Å². The smallest absolute Gasteiger partial charge is 0.144 e. The topological polar surface area (TPSA) is 88.3 Å². The zero-order valence-corrected chi connectivity index (χ0v) is 15.5. The number of nitrogens with two attached hydrogens (primary N) is 1. The molecule has 0 amide bonds. The number of aliphatic imine (C=N–C) groups is 1. The van der Waals surface area contributed by atoms with Gasteiger partial charge < -0.3 is 15.8 Å². The molecule has 1 saturated carbocycles. The molecule has 1 aliphatic carbocycles. The molecule has 1 aromatic carbocycles. The molecule has 1 fully saturated rings. The van der Waals surface area contributed by atoms with Crippen molar-refractivity contribution in [1.29, 1.82) is 0 Å². The molecule has 1 aromatic heterocycles. The van der Waals surface area contributed by atoms with Crippen LogP contribution < -0.4 is 15.8 Å². The van der Waals surface area contributed by atoms with E-state index in [9.17, 15) is 0 Å². The number of ether oxygens (including phenoxy) is 1. The highest BCUT2D eigenvalue weighted by Gasteiger charge is 2.19. The molecule has 6 nitrogen and oxygen atoms in total. The molecule has 0 bridgehead atoms. The fourth-order valence-corrected chi connectivity index (χ4v) is 3.46. The van der Waals surface area contributed by atoms with Gasteiger partial charge in [0.05, 0.1) is 12.8 Å². The predicted octanol–water partition coefficient (Wildman–Crippen LogP) is 3.47. The summed E-state index contributed by atoms with van der Waals surface area (Å²) in [4.78, 5) is 4.65. The minimum atomic E-state index is 0.432. The van der Waals surface area contributed by atoms with Crippen molar-refractivity contribution >= 4 is 16.6 Å². The van der Waals surface area contributed by atoms with Crippen molar-refractivity contribution in [3.8, 4) is 5.75 Å². The Morgan fingerprint density at radius 3 is 2.85 bits per heavy atom. The van der Waals surface area contributed by atoms with Crippen molar-refractivity contribution in [2.75, 3.05) is 7.11 Å². The maximum atomic E-state index is 5.64. The molecule has 6 heteroatoms. The van der Waals surface area contributed by atoms with Crippen LogP contribution in [0.4, 0.5) is 0 Å². The first-order chi connectivity index (χ1) is 12.6. The minimum Gasteiger partial charge on any atom is -0.494 e. The number of para-hydroxylation sites is 1. The van der Waals surface area contributed by atoms with E-state index in [1.54, 1.807) is 13.2 Å². The van der Waals surface area contributed by atoms with E-state index in [-0.39, 0.29) is 0 Å². The number of benzene rings is 1. The molecular weight excluding hydrogens is 326 g/mol. The number of nitrogens with zero attached hydrogens (tertiary/aromatic N) is 2. The highest BCUT2D eigenvalue weighted by Crippen LogP contribution is 2.27. The van der Waals surface area contributed by atoms with Gasteiger partial charge in [-0.2, -0.15) is 5.10 Å². The average Bonchev–Trinajstić information content (AvgIpc) is 3.07. The number of fused-ring (bicyclic) bond motifs is 1. The lowest BCUT2D eigenvalue weighted by Gasteiger charge is -2.27. The largest absolute Gasteiger partial charge is 0.494 e. The number of aromatic nitrogens is 2. The van der Waals surface area contributed by atoms with Gasteiger partial charge in [-0.3, -0.25) is 5.10 Å². The van der Waals surface area contributed by atoms with E-state index >= 15 is 0 Å². The van der Waals surface area contributed by atoms with Gasteiger partial charge in [0.25, 0.3) is 0 Å². The highest BCUT2D eigenvalue weighted by atomic mass is 16.5. The van der Waals surface area contributed by atoms with Crippen LogP contribution in [0.5, 0.6) is 5.75 Å². The van der Waals surface area contributed by atoms with Gasteiger partial charge in [0.1, 0.15) is 22.8 Å². The van der Waals surface area contributed by atoms with Gasteiger partial charge in [-0.25, -0.2) is 4.99 Å². The molecular formula is C20H27N5O. The Balaban J connectivity index is 1.85. The molecule has 0 unspecified atom stereocenters. The van der Waals surface area contributed by atoms with Crippen LogP contribution in [0, 0.1) is 5.92 Å². The van der Waals surface area contributed by atoms with E-state index in [0.29, 0.717) is 17.6 Å². The summed E-state index contributed by atoms with van der Waals surface area (Å²) in [5.74, 6) is 2.19. The predicted molar refractivity (Wildman–Crippen MR) is 106 cm³/mol. The third kappa shape index (κ3) is 3.90. The molecule has 3 rings (SSSR count). The number of hydrogen-bond acceptors (Lipinski definition) is 5. The number of nitrogens with one attached hydrogen (secondary N) is 2. The van der Waals surface area contributed by atoms with Crippen molar-refractivity contribution in [1.82, 2.24) is 15.5 Å². The molecule has 0 spiro atoms. The first-order valence-electron chi connectivity index (χ1n) is 9.06. The third-order valence-corrected chi connectivity index (χ3v) is 4.92. The third-order valence-electron chi connectivity index (χ3n) is 4.92. The van der Waals surface area contributed by atoms with Gasteiger partial charge in [-0.15, -0.1) is 0 Å². The standard InChI is InChI=1S/C20H27N5O/c1-13-7-9-15(10-8-13)22-14(2)23-17(11-12-21)19-16-5-4-6-18(26-3)20(16)25-24-19/h4-6,11-13,15,22H,2,7-10,21H2,1,3H3,(H,24,25)/b12-11-,23-17+/t13-,15-. The van der Waals surface area contributed by atoms with Crippen LogP contribution in [0.3, 0.4) is 0 Å². The minimum absolute atomic E-state index is 0.432. The van der Waals surface area contributed by atoms with Crippen LogP contribution in [0.15, 0.2) is 47.9 Å². The summed E-state index contributed by atoms with van der Waals surface area (Å²) in [7, 11) is 1.64. The van der Waals surface area contributed by atoms with Crippen molar-refractivity contribution in [2.45, 2.75) is 38.6 Å². The molecule has 2 aromatic rings. The maximum Gasteiger partial charge on any atom is 0.144 e. The lowest BCUT2D eigenvalue weighted by Crippen LogP contribution is -2.31. The molecule has 1 heterocycles. The summed E-state index contributed by atoms with van der Waals surface area (Å²) < 4.78 is 5.39. The zero-order valence-electron chi connectivity index (χ0n) is 15.5. The second-order valence-electron chi connectivity index (χ2n) is 6.86. The van der Waals surface area contributed by atoms with Crippen LogP contribution in [0.1, 0.15) is 38.3 Å². The summed E-state index contributed by atoms with van der Waals surface area (Å²) in [6.45, 7) is 6.39. The maximum absolute atomic E-state index is 5.64. The first kappa shape index (κ1) is 18.0. The lowest BCUT2D eigenvalue weighted by molar-refractivity contribution is 0.321. The van der Waals surface area contributed by atoms with Crippen LogP contribution in [0.2, 0.25) is 0 Å². The number of rotatable bonds is 6. The van der Waals surface area contributed by atoms with Crippen molar-refractivity contribution in [2.24, 2.45) is 16.6 Å². The van der Waals surface area contributed by atoms with Crippen LogP contribution >= 0.6 is 0 Å². The summed E-state index contributed by atoms with van der Waals surface area (Å²) in [6, 6.07) is 6.24. The quantitative estimate of drug-likeness (QED) is 0.694. The van der Waals surface area contributed by atoms with Gasteiger partial charge in [-0.1, -0.05) is 25.6 Å². The molecule has 0 aliphatic heterocycles. The number of allylic oxidation sites excluding steroid dienone is 1. The Morgan fingerprint density at radius 1 is 1.38 bits per heavy atom. The molecule has 0 saturated heterocycles. The van der Waals surface area contributed by atoms with Crippen molar-refractivity contribution in [3.63, 3.8) is 0 Å². The van der Waals surface area contributed by atoms with Crippen molar-refractivity contribution < 1.29 is 4.74 Å². The monoisotopic (exact) mass is 353 g/mol. The van der Waals surface area contributed by atoms with Crippen LogP contribution in [-0.4, -0.2) is 29.1 Å². The van der Waals surface area contributed by atoms with Gasteiger partial charge >= 0.3 is 0 Å². The second kappa shape index (κ2) is 8.08. The second-order valence-corrected chi connectivity index (χ2v) is 6.86. The molecule has 26 heavy (non-hydrogen) atoms. The van der Waals surface area contributed by atoms with E-state index in [1.807, 2.05) is 18.2 Å². The summed E-state index contributed by atoms with van der Waals surface area (Å²) >= 11 is 0. The van der Waals surface area contributed by atoms with E-state index in [2.05, 4.69) is 34.0 Å². The Hall–Kier alpha value is -2.76. The summed E-state index contributed by atoms with van der Waals surface area (Å²) in [6.07, 6.45) is 8.00. The first-order valence-corrected chi connectivity index (χ1v) is 9.06. The Kier molecular flexibility index (Phi) is 5.61. The van der Waals surface area contributed by atoms with E-state index in [0.717, 1.165) is 41.1 Å². The van der Waals surface area contributed by atoms with Crippen molar-refractivity contribution in [3.05, 3.63) is 48.6 Å². The van der Waals surface area contributed by atoms with Gasteiger partial charge in [0, 0.05) is 11.4 Å². The Labute approximate surface area is 154 Å². The number of H-pyrrole nitrogens is 1. The van der Waals surface area contributed by atoms with Gasteiger partial charge in [0.15, 0.2) is 0 Å². The summed E-state index contributed by atoms with van der Waals surface area (Å²) in [5, 5.41) is 11.8. The fraction of sp³-hybridized carbons (Fsp3) is 0.400. The van der Waals surface area contributed by atoms with Gasteiger partial charge in [-0.05, 0) is 49.9 Å². The van der Waals surface area contributed by atoms with Crippen LogP contribution in [-0.2, 0) is 0 Å². The molecule has 0 atom stereocenters. The zero-order chi connectivity index (χ0) is 18.5. The summed E-state index contributed by atoms with van der Waals surface area (Å²) in [5.41, 5.74) is 7.86. The fourth-order valence-electron chi connectivity index (χ4n) is 3.46. The number of aromatic amines is 1. The molecule has 1 aliphatic rings. The highest BCUT2D eigenvalue weighted by molar-refractivity contribution is 6.15. The number of hydrogen-bond donors (Lipinski definition) is 3. The average molecular weight is 353 g/mol. The molecule has 0 radical (unpaired) electrons. The normalized spacial score (nSPS) is 21.2. The lowest BCUT2D eigenvalue weighted by atomic mass is 9.87. The van der Waals surface area contributed by atoms with E-state index < -0.39 is 0 Å². The van der Waals surface area contributed by atoms with Crippen LogP contribution in [0.25, 0.3) is 10.9 Å². The Bertz CT molecular complexity index is 828. The molecule has 4 N–H and O–H groups in total. The van der Waals surface area contributed by atoms with E-state index in [4.69, 9.17) is 10.5 Å². The molecule has 138 valence electrons. The Morgan fingerprint density at radius 2 is 2.15 bits per heavy atom.